The Bertz CT molecular complexity index is 725. The number of piperidine rings is 1. The lowest BCUT2D eigenvalue weighted by molar-refractivity contribution is 0.0973. The molecule has 2 heterocycles. The van der Waals surface area contributed by atoms with Gasteiger partial charge in [-0.3, -0.25) is 9.89 Å². The van der Waals surface area contributed by atoms with Crippen molar-refractivity contribution in [1.29, 1.82) is 0 Å². The molecule has 1 fully saturated rings. The molecule has 0 radical (unpaired) electrons. The summed E-state index contributed by atoms with van der Waals surface area (Å²) in [5.41, 5.74) is 14.1. The summed E-state index contributed by atoms with van der Waals surface area (Å²) in [5, 5.41) is 0. The SMILES string of the molecule is CCCOc1cc(CN2CCC(C3(C)C=C(N)C=NC3N)CC2)ccc1OC. The molecule has 2 aliphatic heterocycles. The van der Waals surface area contributed by atoms with Crippen LogP contribution < -0.4 is 20.9 Å². The van der Waals surface area contributed by atoms with Crippen LogP contribution in [0.15, 0.2) is 35.0 Å². The number of hydrogen-bond donors (Lipinski definition) is 2. The van der Waals surface area contributed by atoms with E-state index in [2.05, 4.69) is 41.9 Å². The lowest BCUT2D eigenvalue weighted by atomic mass is 9.69. The van der Waals surface area contributed by atoms with Crippen LogP contribution in [0.5, 0.6) is 11.5 Å². The maximum absolute atomic E-state index is 6.31. The summed E-state index contributed by atoms with van der Waals surface area (Å²) in [6, 6.07) is 6.23. The molecule has 154 valence electrons. The molecule has 0 saturated carbocycles. The van der Waals surface area contributed by atoms with Crippen LogP contribution in [-0.4, -0.2) is 44.1 Å². The molecule has 0 aromatic heterocycles. The summed E-state index contributed by atoms with van der Waals surface area (Å²) in [7, 11) is 1.68. The van der Waals surface area contributed by atoms with E-state index < -0.39 is 0 Å². The van der Waals surface area contributed by atoms with Crippen molar-refractivity contribution < 1.29 is 9.47 Å². The fourth-order valence-electron chi connectivity index (χ4n) is 4.28. The Balaban J connectivity index is 1.61. The average Bonchev–Trinajstić information content (AvgIpc) is 2.70. The molecule has 0 aliphatic carbocycles. The van der Waals surface area contributed by atoms with Crippen molar-refractivity contribution in [3.63, 3.8) is 0 Å². The number of ether oxygens (including phenoxy) is 2. The van der Waals surface area contributed by atoms with Crippen LogP contribution in [0.25, 0.3) is 0 Å². The largest absolute Gasteiger partial charge is 0.493 e. The van der Waals surface area contributed by atoms with Gasteiger partial charge < -0.3 is 20.9 Å². The first-order valence-corrected chi connectivity index (χ1v) is 10.3. The van der Waals surface area contributed by atoms with Gasteiger partial charge in [0.2, 0.25) is 0 Å². The van der Waals surface area contributed by atoms with Crippen LogP contribution in [0, 0.1) is 11.3 Å². The van der Waals surface area contributed by atoms with Gasteiger partial charge in [-0.15, -0.1) is 0 Å². The summed E-state index contributed by atoms with van der Waals surface area (Å²) >= 11 is 0. The Morgan fingerprint density at radius 2 is 2.00 bits per heavy atom. The van der Waals surface area contributed by atoms with E-state index in [-0.39, 0.29) is 11.6 Å². The van der Waals surface area contributed by atoms with Gasteiger partial charge >= 0.3 is 0 Å². The first kappa shape index (κ1) is 20.7. The van der Waals surface area contributed by atoms with E-state index in [4.69, 9.17) is 20.9 Å². The molecule has 2 aliphatic rings. The highest BCUT2D eigenvalue weighted by Gasteiger charge is 2.40. The third-order valence-electron chi connectivity index (χ3n) is 6.06. The first-order valence-electron chi connectivity index (χ1n) is 10.3. The maximum atomic E-state index is 6.31. The Morgan fingerprint density at radius 3 is 2.68 bits per heavy atom. The predicted octanol–water partition coefficient (Wildman–Crippen LogP) is 2.91. The minimum atomic E-state index is -0.212. The van der Waals surface area contributed by atoms with Crippen LogP contribution >= 0.6 is 0 Å². The molecule has 28 heavy (non-hydrogen) atoms. The third-order valence-corrected chi connectivity index (χ3v) is 6.06. The van der Waals surface area contributed by atoms with Crippen molar-refractivity contribution in [3.05, 3.63) is 35.5 Å². The highest BCUT2D eigenvalue weighted by molar-refractivity contribution is 5.78. The number of nitrogens with two attached hydrogens (primary N) is 2. The van der Waals surface area contributed by atoms with Crippen molar-refractivity contribution >= 4 is 6.21 Å². The number of likely N-dealkylation sites (tertiary alicyclic amines) is 1. The van der Waals surface area contributed by atoms with Crippen LogP contribution in [0.2, 0.25) is 0 Å². The zero-order chi connectivity index (χ0) is 20.1. The Morgan fingerprint density at radius 1 is 1.25 bits per heavy atom. The van der Waals surface area contributed by atoms with Gasteiger partial charge in [-0.2, -0.15) is 0 Å². The molecule has 6 nitrogen and oxygen atoms in total. The van der Waals surface area contributed by atoms with Crippen LogP contribution in [0.3, 0.4) is 0 Å². The zero-order valence-corrected chi connectivity index (χ0v) is 17.4. The number of dihydropyridines is 1. The predicted molar refractivity (Wildman–Crippen MR) is 114 cm³/mol. The van der Waals surface area contributed by atoms with Crippen molar-refractivity contribution in [2.45, 2.75) is 45.8 Å². The molecular weight excluding hydrogens is 352 g/mol. The van der Waals surface area contributed by atoms with Gasteiger partial charge in [0, 0.05) is 23.9 Å². The van der Waals surface area contributed by atoms with Crippen molar-refractivity contribution in [2.24, 2.45) is 27.8 Å². The van der Waals surface area contributed by atoms with E-state index in [0.29, 0.717) is 12.5 Å². The second kappa shape index (κ2) is 8.97. The van der Waals surface area contributed by atoms with E-state index in [1.54, 1.807) is 13.3 Å². The number of allylic oxidation sites excluding steroid dienone is 1. The van der Waals surface area contributed by atoms with Crippen LogP contribution in [-0.2, 0) is 6.54 Å². The van der Waals surface area contributed by atoms with Gasteiger partial charge in [-0.25, -0.2) is 0 Å². The van der Waals surface area contributed by atoms with E-state index in [0.717, 1.165) is 56.1 Å². The van der Waals surface area contributed by atoms with Gasteiger partial charge in [0.05, 0.1) is 13.7 Å². The highest BCUT2D eigenvalue weighted by Crippen LogP contribution is 2.41. The van der Waals surface area contributed by atoms with Gasteiger partial charge in [0.1, 0.15) is 6.17 Å². The first-order chi connectivity index (χ1) is 13.5. The summed E-state index contributed by atoms with van der Waals surface area (Å²) in [5.74, 6) is 2.12. The smallest absolute Gasteiger partial charge is 0.161 e. The van der Waals surface area contributed by atoms with E-state index in [9.17, 15) is 0 Å². The number of nitrogens with zero attached hydrogens (tertiary/aromatic N) is 2. The summed E-state index contributed by atoms with van der Waals surface area (Å²) < 4.78 is 11.3. The van der Waals surface area contributed by atoms with Crippen LogP contribution in [0.1, 0.15) is 38.7 Å². The monoisotopic (exact) mass is 386 g/mol. The molecule has 0 bridgehead atoms. The maximum Gasteiger partial charge on any atom is 0.161 e. The number of benzene rings is 1. The second-order valence-electron chi connectivity index (χ2n) is 8.12. The van der Waals surface area contributed by atoms with Gasteiger partial charge in [-0.1, -0.05) is 26.0 Å². The number of hydrogen-bond acceptors (Lipinski definition) is 6. The molecule has 3 rings (SSSR count). The van der Waals surface area contributed by atoms with Gasteiger partial charge in [-0.05, 0) is 56.0 Å². The lowest BCUT2D eigenvalue weighted by Crippen LogP contribution is -2.48. The highest BCUT2D eigenvalue weighted by atomic mass is 16.5. The molecule has 4 N–H and O–H groups in total. The molecular formula is C22H34N4O2. The van der Waals surface area contributed by atoms with Gasteiger partial charge in [0.25, 0.3) is 0 Å². The zero-order valence-electron chi connectivity index (χ0n) is 17.4. The molecule has 1 saturated heterocycles. The molecule has 6 heteroatoms. The minimum Gasteiger partial charge on any atom is -0.493 e. The van der Waals surface area contributed by atoms with E-state index in [1.165, 1.54) is 5.56 Å². The number of aliphatic imine (C=N–C) groups is 1. The second-order valence-corrected chi connectivity index (χ2v) is 8.12. The van der Waals surface area contributed by atoms with Gasteiger partial charge in [0.15, 0.2) is 11.5 Å². The topological polar surface area (TPSA) is 86.1 Å². The van der Waals surface area contributed by atoms with Crippen molar-refractivity contribution in [1.82, 2.24) is 4.90 Å². The summed E-state index contributed by atoms with van der Waals surface area (Å²) in [6.45, 7) is 8.00. The molecule has 2 atom stereocenters. The third kappa shape index (κ3) is 4.50. The molecule has 1 aromatic rings. The van der Waals surface area contributed by atoms with Crippen molar-refractivity contribution in [2.75, 3.05) is 26.8 Å². The molecule has 2 unspecified atom stereocenters. The van der Waals surface area contributed by atoms with E-state index in [1.807, 2.05) is 6.07 Å². The molecule has 1 aromatic carbocycles. The standard InChI is InChI=1S/C22H34N4O2/c1-4-11-28-20-12-16(5-6-19(20)27-3)15-26-9-7-17(8-10-26)22(2)13-18(23)14-25-21(22)24/h5-6,12-14,17,21H,4,7-11,15,23-24H2,1-3H3. The molecule has 0 amide bonds. The van der Waals surface area contributed by atoms with Crippen LogP contribution in [0.4, 0.5) is 0 Å². The fraction of sp³-hybridized carbons (Fsp3) is 0.591. The van der Waals surface area contributed by atoms with Crippen molar-refractivity contribution in [3.8, 4) is 11.5 Å². The Labute approximate surface area is 168 Å². The quantitative estimate of drug-likeness (QED) is 0.752. The number of rotatable bonds is 7. The fourth-order valence-corrected chi connectivity index (χ4v) is 4.28. The summed E-state index contributed by atoms with van der Waals surface area (Å²) in [6.07, 6.45) is 6.76. The summed E-state index contributed by atoms with van der Waals surface area (Å²) in [4.78, 5) is 6.89. The normalized spacial score (nSPS) is 26.1. The average molecular weight is 387 g/mol. The Kier molecular flexibility index (Phi) is 6.62. The van der Waals surface area contributed by atoms with E-state index >= 15 is 0 Å². The number of methoxy groups -OCH3 is 1. The molecule has 0 spiro atoms. The minimum absolute atomic E-state index is 0.161. The Hall–Kier alpha value is -2.05. The lowest BCUT2D eigenvalue weighted by Gasteiger charge is -2.44.